The molecule has 1 N–H and O–H groups in total. The van der Waals surface area contributed by atoms with Gasteiger partial charge >= 0.3 is 18.4 Å². The molecule has 0 bridgehead atoms. The van der Waals surface area contributed by atoms with Crippen molar-refractivity contribution < 1.29 is 44.8 Å². The molecule has 0 saturated carbocycles. The van der Waals surface area contributed by atoms with Crippen LogP contribution in [0.15, 0.2) is 36.4 Å². The van der Waals surface area contributed by atoms with Gasteiger partial charge in [-0.2, -0.15) is 26.3 Å². The van der Waals surface area contributed by atoms with Crippen molar-refractivity contribution in [2.75, 3.05) is 26.7 Å². The van der Waals surface area contributed by atoms with Gasteiger partial charge in [-0.1, -0.05) is 6.07 Å². The lowest BCUT2D eigenvalue weighted by molar-refractivity contribution is -0.151. The topological polar surface area (TPSA) is 44.8 Å². The number of alkyl halides is 6. The quantitative estimate of drug-likeness (QED) is 0.595. The minimum Gasteiger partial charge on any atom is -0.350 e. The molecular formula is C21H19F8N3O2. The van der Waals surface area contributed by atoms with Gasteiger partial charge < -0.3 is 15.1 Å². The van der Waals surface area contributed by atoms with Crippen molar-refractivity contribution in [3.8, 4) is 0 Å². The molecule has 1 aliphatic heterocycles. The van der Waals surface area contributed by atoms with E-state index in [0.717, 1.165) is 23.1 Å². The van der Waals surface area contributed by atoms with Crippen molar-refractivity contribution >= 4 is 6.09 Å². The van der Waals surface area contributed by atoms with Gasteiger partial charge in [0, 0.05) is 44.9 Å². The molecule has 1 fully saturated rings. The maximum Gasteiger partial charge on any atom is 0.428 e. The Kier molecular flexibility index (Phi) is 7.36. The van der Waals surface area contributed by atoms with Gasteiger partial charge in [-0.25, -0.2) is 13.6 Å². The predicted molar refractivity (Wildman–Crippen MR) is 103 cm³/mol. The predicted octanol–water partition coefficient (Wildman–Crippen LogP) is 5.13. The summed E-state index contributed by atoms with van der Waals surface area (Å²) in [5.41, 5.74) is -3.39. The molecule has 5 nitrogen and oxygen atoms in total. The molecule has 0 spiro atoms. The van der Waals surface area contributed by atoms with E-state index < -0.39 is 59.4 Å². The minimum atomic E-state index is -5.03. The van der Waals surface area contributed by atoms with E-state index in [2.05, 4.69) is 5.32 Å². The van der Waals surface area contributed by atoms with Crippen LogP contribution in [-0.4, -0.2) is 42.7 Å². The van der Waals surface area contributed by atoms with E-state index >= 15 is 0 Å². The maximum absolute atomic E-state index is 14.2. The fraction of sp³-hybridized carbons (Fsp3) is 0.381. The fourth-order valence-corrected chi connectivity index (χ4v) is 3.45. The Hall–Kier alpha value is -2.93. The van der Waals surface area contributed by atoms with Crippen LogP contribution in [0.2, 0.25) is 0 Å². The SMILES string of the molecule is CN(Cc1cc(C(F)(F)F)cc(C(F)(F)F)c1)C(=O)ON1CCNCC1c1ccc(F)cc1F. The van der Waals surface area contributed by atoms with Gasteiger partial charge in [0.05, 0.1) is 17.2 Å². The first-order chi connectivity index (χ1) is 15.8. The number of hydrogen-bond donors (Lipinski definition) is 1. The van der Waals surface area contributed by atoms with Crippen LogP contribution in [0.25, 0.3) is 0 Å². The molecule has 0 aliphatic carbocycles. The van der Waals surface area contributed by atoms with Gasteiger partial charge in [0.15, 0.2) is 0 Å². The van der Waals surface area contributed by atoms with Gasteiger partial charge in [0.25, 0.3) is 0 Å². The first-order valence-corrected chi connectivity index (χ1v) is 9.89. The zero-order valence-electron chi connectivity index (χ0n) is 17.6. The number of amides is 1. The molecule has 2 aromatic rings. The Morgan fingerprint density at radius 3 is 2.24 bits per heavy atom. The smallest absolute Gasteiger partial charge is 0.350 e. The second-order valence-corrected chi connectivity index (χ2v) is 7.65. The molecule has 1 unspecified atom stereocenters. The average molecular weight is 497 g/mol. The van der Waals surface area contributed by atoms with Gasteiger partial charge in [0.2, 0.25) is 0 Å². The first-order valence-electron chi connectivity index (χ1n) is 9.89. The Morgan fingerprint density at radius 2 is 1.68 bits per heavy atom. The largest absolute Gasteiger partial charge is 0.428 e. The molecule has 1 atom stereocenters. The van der Waals surface area contributed by atoms with Crippen LogP contribution in [0.3, 0.4) is 0 Å². The molecule has 3 rings (SSSR count). The van der Waals surface area contributed by atoms with E-state index in [1.165, 1.54) is 6.07 Å². The molecule has 0 aromatic heterocycles. The zero-order valence-corrected chi connectivity index (χ0v) is 17.6. The molecule has 1 aliphatic rings. The third-order valence-corrected chi connectivity index (χ3v) is 5.09. The fourth-order valence-electron chi connectivity index (χ4n) is 3.45. The van der Waals surface area contributed by atoms with Crippen molar-refractivity contribution in [2.24, 2.45) is 0 Å². The van der Waals surface area contributed by atoms with E-state index in [1.54, 1.807) is 0 Å². The number of carbonyl (C=O) groups is 1. The molecule has 0 radical (unpaired) electrons. The molecule has 13 heteroatoms. The second kappa shape index (κ2) is 9.74. The number of nitrogens with one attached hydrogen (secondary N) is 1. The standard InChI is InChI=1S/C21H19F8N3O2/c1-31(11-12-6-13(20(24,25)26)8-14(7-12)21(27,28)29)19(33)34-32-5-4-30-10-18(32)16-3-2-15(22)9-17(16)23/h2-3,6-9,18,30H,4-5,10-11H2,1H3. The molecule has 1 saturated heterocycles. The number of hydrogen-bond acceptors (Lipinski definition) is 4. The highest BCUT2D eigenvalue weighted by Crippen LogP contribution is 2.36. The van der Waals surface area contributed by atoms with E-state index in [1.807, 2.05) is 0 Å². The van der Waals surface area contributed by atoms with E-state index in [4.69, 9.17) is 4.84 Å². The van der Waals surface area contributed by atoms with Crippen LogP contribution in [-0.2, 0) is 23.7 Å². The summed E-state index contributed by atoms with van der Waals surface area (Å²) >= 11 is 0. The van der Waals surface area contributed by atoms with Crippen molar-refractivity contribution in [3.05, 3.63) is 70.3 Å². The van der Waals surface area contributed by atoms with Crippen molar-refractivity contribution in [1.29, 1.82) is 0 Å². The van der Waals surface area contributed by atoms with Crippen LogP contribution in [0.4, 0.5) is 39.9 Å². The van der Waals surface area contributed by atoms with E-state index in [9.17, 15) is 39.9 Å². The number of halogens is 8. The van der Waals surface area contributed by atoms with Crippen LogP contribution in [0.1, 0.15) is 28.3 Å². The Labute approximate surface area is 188 Å². The number of rotatable bonds is 4. The third kappa shape index (κ3) is 6.14. The van der Waals surface area contributed by atoms with Crippen molar-refractivity contribution in [1.82, 2.24) is 15.3 Å². The molecule has 1 amide bonds. The third-order valence-electron chi connectivity index (χ3n) is 5.09. The zero-order chi connectivity index (χ0) is 25.3. The number of hydroxylamine groups is 2. The number of nitrogens with zero attached hydrogens (tertiary/aromatic N) is 2. The van der Waals surface area contributed by atoms with E-state index in [0.29, 0.717) is 24.7 Å². The Bertz CT molecular complexity index is 1010. The van der Waals surface area contributed by atoms with Crippen molar-refractivity contribution in [3.63, 3.8) is 0 Å². The monoisotopic (exact) mass is 497 g/mol. The summed E-state index contributed by atoms with van der Waals surface area (Å²) in [4.78, 5) is 18.6. The van der Waals surface area contributed by atoms with Gasteiger partial charge in [-0.05, 0) is 29.8 Å². The van der Waals surface area contributed by atoms with Gasteiger partial charge in [-0.15, -0.1) is 5.06 Å². The van der Waals surface area contributed by atoms with Crippen molar-refractivity contribution in [2.45, 2.75) is 24.9 Å². The Morgan fingerprint density at radius 1 is 1.06 bits per heavy atom. The highest BCUT2D eigenvalue weighted by molar-refractivity contribution is 5.67. The highest BCUT2D eigenvalue weighted by Gasteiger charge is 2.37. The lowest BCUT2D eigenvalue weighted by Crippen LogP contribution is -2.48. The second-order valence-electron chi connectivity index (χ2n) is 7.65. The lowest BCUT2D eigenvalue weighted by Gasteiger charge is -2.35. The summed E-state index contributed by atoms with van der Waals surface area (Å²) in [6.45, 7) is -0.0304. The Balaban J connectivity index is 1.77. The summed E-state index contributed by atoms with van der Waals surface area (Å²) < 4.78 is 106. The van der Waals surface area contributed by atoms with E-state index in [-0.39, 0.29) is 24.7 Å². The minimum absolute atomic E-state index is 0.00953. The van der Waals surface area contributed by atoms with Crippen LogP contribution < -0.4 is 5.32 Å². The maximum atomic E-state index is 14.2. The normalized spacial score (nSPS) is 17.5. The van der Waals surface area contributed by atoms with Gasteiger partial charge in [-0.3, -0.25) is 0 Å². The first kappa shape index (κ1) is 25.7. The number of carbonyl (C=O) groups excluding carboxylic acids is 1. The summed E-state index contributed by atoms with van der Waals surface area (Å²) in [5, 5.41) is 4.09. The molecular weight excluding hydrogens is 478 g/mol. The highest BCUT2D eigenvalue weighted by atomic mass is 19.4. The number of piperazine rings is 1. The molecule has 1 heterocycles. The van der Waals surface area contributed by atoms with Crippen LogP contribution in [0.5, 0.6) is 0 Å². The van der Waals surface area contributed by atoms with Crippen LogP contribution in [0, 0.1) is 11.6 Å². The van der Waals surface area contributed by atoms with Gasteiger partial charge in [0.1, 0.15) is 11.6 Å². The number of benzene rings is 2. The summed E-state index contributed by atoms with van der Waals surface area (Å²) in [6, 6.07) is 3.07. The molecule has 186 valence electrons. The molecule has 34 heavy (non-hydrogen) atoms. The lowest BCUT2D eigenvalue weighted by atomic mass is 10.0. The summed E-state index contributed by atoms with van der Waals surface area (Å²) in [5.74, 6) is -1.67. The average Bonchev–Trinajstić information content (AvgIpc) is 2.73. The molecule has 2 aromatic carbocycles. The van der Waals surface area contributed by atoms with Crippen LogP contribution >= 0.6 is 0 Å². The summed E-state index contributed by atoms with van der Waals surface area (Å²) in [6.07, 6.45) is -11.1. The summed E-state index contributed by atoms with van der Waals surface area (Å²) in [7, 11) is 1.13.